The quantitative estimate of drug-likeness (QED) is 0.232. The average molecular weight is 645 g/mol. The van der Waals surface area contributed by atoms with E-state index in [1.54, 1.807) is 39.8 Å². The first-order valence-corrected chi connectivity index (χ1v) is 16.9. The Hall–Kier alpha value is -3.48. The van der Waals surface area contributed by atoms with Crippen molar-refractivity contribution in [2.24, 2.45) is 11.3 Å². The van der Waals surface area contributed by atoms with Crippen molar-refractivity contribution >= 4 is 27.7 Å². The van der Waals surface area contributed by atoms with E-state index in [1.807, 2.05) is 44.2 Å². The Morgan fingerprint density at radius 3 is 2.31 bits per heavy atom. The first kappa shape index (κ1) is 36.0. The van der Waals surface area contributed by atoms with Crippen molar-refractivity contribution < 1.29 is 32.6 Å². The smallest absolute Gasteiger partial charge is 0.243 e. The molecule has 0 fully saturated rings. The van der Waals surface area contributed by atoms with Crippen LogP contribution in [0.2, 0.25) is 0 Å². The van der Waals surface area contributed by atoms with Gasteiger partial charge in [0.25, 0.3) is 0 Å². The minimum atomic E-state index is -4.01. The second-order valence-corrected chi connectivity index (χ2v) is 14.9. The number of sulfonamides is 1. The molecule has 0 aliphatic carbocycles. The maximum Gasteiger partial charge on any atom is 0.243 e. The number of benzene rings is 2. The number of fused-ring (bicyclic) bond motifs is 1. The normalized spacial score (nSPS) is 15.1. The highest BCUT2D eigenvalue weighted by Gasteiger charge is 2.37. The Kier molecular flexibility index (Phi) is 12.5. The van der Waals surface area contributed by atoms with Gasteiger partial charge < -0.3 is 25.8 Å². The van der Waals surface area contributed by atoms with Crippen LogP contribution in [0.4, 0.5) is 0 Å². The number of nitrogens with one attached hydrogen (secondary N) is 3. The number of carbonyl (C=O) groups excluding carboxylic acids is 3. The molecule has 0 radical (unpaired) electrons. The summed E-state index contributed by atoms with van der Waals surface area (Å²) in [5.41, 5.74) is 0.929. The van der Waals surface area contributed by atoms with Crippen molar-refractivity contribution in [3.05, 3.63) is 59.7 Å². The predicted octanol–water partition coefficient (Wildman–Crippen LogP) is 2.41. The Morgan fingerprint density at radius 2 is 1.69 bits per heavy atom. The van der Waals surface area contributed by atoms with Gasteiger partial charge in [0.05, 0.1) is 30.2 Å². The van der Waals surface area contributed by atoms with Gasteiger partial charge >= 0.3 is 0 Å². The van der Waals surface area contributed by atoms with Crippen LogP contribution in [-0.2, 0) is 37.2 Å². The molecule has 0 saturated heterocycles. The van der Waals surface area contributed by atoms with Gasteiger partial charge in [0.1, 0.15) is 11.8 Å². The predicted molar refractivity (Wildman–Crippen MR) is 172 cm³/mol. The molecule has 1 heterocycles. The van der Waals surface area contributed by atoms with E-state index in [2.05, 4.69) is 16.0 Å². The van der Waals surface area contributed by atoms with Gasteiger partial charge in [0.2, 0.25) is 27.7 Å². The van der Waals surface area contributed by atoms with E-state index in [9.17, 15) is 27.9 Å². The van der Waals surface area contributed by atoms with Gasteiger partial charge in [-0.05, 0) is 47.1 Å². The van der Waals surface area contributed by atoms with Crippen LogP contribution in [0.5, 0.6) is 5.75 Å². The molecule has 248 valence electrons. The Bertz CT molecular complexity index is 1420. The number of carbonyl (C=O) groups is 3. The zero-order valence-corrected chi connectivity index (χ0v) is 27.9. The highest BCUT2D eigenvalue weighted by molar-refractivity contribution is 7.89. The van der Waals surface area contributed by atoms with E-state index < -0.39 is 45.4 Å². The van der Waals surface area contributed by atoms with Crippen LogP contribution >= 0.6 is 0 Å². The maximum absolute atomic E-state index is 13.9. The van der Waals surface area contributed by atoms with E-state index in [0.29, 0.717) is 18.8 Å². The number of aliphatic hydroxyl groups excluding tert-OH is 1. The number of nitrogens with zero attached hydrogens (tertiary/aromatic N) is 1. The molecule has 3 unspecified atom stereocenters. The lowest BCUT2D eigenvalue weighted by molar-refractivity contribution is -0.132. The number of rotatable bonds is 15. The van der Waals surface area contributed by atoms with E-state index >= 15 is 0 Å². The molecular weight excluding hydrogens is 596 g/mol. The van der Waals surface area contributed by atoms with Crippen molar-refractivity contribution in [3.8, 4) is 5.75 Å². The third-order valence-electron chi connectivity index (χ3n) is 7.55. The first-order valence-electron chi connectivity index (χ1n) is 15.5. The molecule has 0 bridgehead atoms. The second kappa shape index (κ2) is 15.7. The standard InChI is InChI=1S/C33H48N4O7S/c1-7-29(39)34-19-30(40)36-31(33(4,5)6)32(41)35-26(17-23-11-9-8-10-12-23)27(38)21-37(20-22(2)3)45(42,43)25-13-14-28-24(18-25)15-16-44-28/h8-14,18,22,26-27,31,38H,7,15-17,19-21H2,1-6H3,(H,34,39)(H,35,41)(H,36,40). The number of amides is 3. The molecular formula is C33H48N4O7S. The molecule has 1 aliphatic heterocycles. The lowest BCUT2D eigenvalue weighted by Gasteiger charge is -2.34. The Morgan fingerprint density at radius 1 is 1.00 bits per heavy atom. The van der Waals surface area contributed by atoms with Crippen LogP contribution in [0.3, 0.4) is 0 Å². The fourth-order valence-corrected chi connectivity index (χ4v) is 6.77. The number of hydrogen-bond acceptors (Lipinski definition) is 7. The molecule has 1 aliphatic rings. The molecule has 12 heteroatoms. The average Bonchev–Trinajstić information content (AvgIpc) is 3.45. The lowest BCUT2D eigenvalue weighted by Crippen LogP contribution is -2.59. The van der Waals surface area contributed by atoms with E-state index in [1.165, 1.54) is 10.4 Å². The topological polar surface area (TPSA) is 154 Å². The molecule has 11 nitrogen and oxygen atoms in total. The van der Waals surface area contributed by atoms with Crippen LogP contribution in [-0.4, -0.2) is 80.0 Å². The molecule has 3 amide bonds. The SMILES string of the molecule is CCC(=O)NCC(=O)NC(C(=O)NC(Cc1ccccc1)C(O)CN(CC(C)C)S(=O)(=O)c1ccc2c(c1)CCO2)C(C)(C)C. The van der Waals surface area contributed by atoms with E-state index in [-0.39, 0.29) is 49.2 Å². The zero-order valence-electron chi connectivity index (χ0n) is 27.1. The lowest BCUT2D eigenvalue weighted by atomic mass is 9.85. The van der Waals surface area contributed by atoms with Gasteiger partial charge in [0, 0.05) is 25.9 Å². The van der Waals surface area contributed by atoms with Gasteiger partial charge in [-0.1, -0.05) is 71.9 Å². The van der Waals surface area contributed by atoms with Crippen LogP contribution in [0.1, 0.15) is 59.1 Å². The van der Waals surface area contributed by atoms with Crippen LogP contribution in [0, 0.1) is 11.3 Å². The van der Waals surface area contributed by atoms with Crippen LogP contribution in [0.15, 0.2) is 53.4 Å². The van der Waals surface area contributed by atoms with E-state index in [0.717, 1.165) is 11.1 Å². The highest BCUT2D eigenvalue weighted by Crippen LogP contribution is 2.29. The molecule has 3 atom stereocenters. The Balaban J connectivity index is 1.87. The summed E-state index contributed by atoms with van der Waals surface area (Å²) in [7, 11) is -4.01. The van der Waals surface area contributed by atoms with Crippen molar-refractivity contribution in [3.63, 3.8) is 0 Å². The number of aliphatic hydroxyl groups is 1. The second-order valence-electron chi connectivity index (χ2n) is 13.0. The molecule has 4 N–H and O–H groups in total. The van der Waals surface area contributed by atoms with Crippen molar-refractivity contribution in [1.82, 2.24) is 20.3 Å². The van der Waals surface area contributed by atoms with Crippen molar-refractivity contribution in [2.75, 3.05) is 26.2 Å². The molecule has 3 rings (SSSR count). The molecule has 2 aromatic rings. The summed E-state index contributed by atoms with van der Waals surface area (Å²) in [4.78, 5) is 38.2. The third kappa shape index (κ3) is 10.3. The van der Waals surface area contributed by atoms with Gasteiger partial charge in [-0.15, -0.1) is 0 Å². The van der Waals surface area contributed by atoms with Crippen molar-refractivity contribution in [2.45, 2.75) is 83.9 Å². The fourth-order valence-electron chi connectivity index (χ4n) is 5.09. The first-order chi connectivity index (χ1) is 21.1. The summed E-state index contributed by atoms with van der Waals surface area (Å²) in [6.45, 7) is 11.0. The molecule has 0 spiro atoms. The summed E-state index contributed by atoms with van der Waals surface area (Å²) in [5, 5.41) is 19.8. The van der Waals surface area contributed by atoms with Gasteiger partial charge in [0.15, 0.2) is 0 Å². The van der Waals surface area contributed by atoms with Crippen LogP contribution in [0.25, 0.3) is 0 Å². The van der Waals surface area contributed by atoms with Gasteiger partial charge in [-0.3, -0.25) is 14.4 Å². The van der Waals surface area contributed by atoms with Crippen molar-refractivity contribution in [1.29, 1.82) is 0 Å². The highest BCUT2D eigenvalue weighted by atomic mass is 32.2. The molecule has 0 saturated carbocycles. The van der Waals surface area contributed by atoms with Gasteiger partial charge in [-0.25, -0.2) is 8.42 Å². The zero-order chi connectivity index (χ0) is 33.4. The summed E-state index contributed by atoms with van der Waals surface area (Å²) < 4.78 is 34.6. The molecule has 2 aromatic carbocycles. The number of ether oxygens (including phenoxy) is 1. The maximum atomic E-state index is 13.9. The van der Waals surface area contributed by atoms with Gasteiger partial charge in [-0.2, -0.15) is 4.31 Å². The fraction of sp³-hybridized carbons (Fsp3) is 0.545. The number of hydrogen-bond donors (Lipinski definition) is 4. The summed E-state index contributed by atoms with van der Waals surface area (Å²) in [5.74, 6) is -0.721. The third-order valence-corrected chi connectivity index (χ3v) is 9.38. The summed E-state index contributed by atoms with van der Waals surface area (Å²) in [6, 6.07) is 12.2. The molecule has 0 aromatic heterocycles. The largest absolute Gasteiger partial charge is 0.493 e. The Labute approximate surface area is 267 Å². The van der Waals surface area contributed by atoms with Crippen LogP contribution < -0.4 is 20.7 Å². The molecule has 45 heavy (non-hydrogen) atoms. The summed E-state index contributed by atoms with van der Waals surface area (Å²) >= 11 is 0. The van der Waals surface area contributed by atoms with E-state index in [4.69, 9.17) is 4.74 Å². The monoisotopic (exact) mass is 644 g/mol. The summed E-state index contributed by atoms with van der Waals surface area (Å²) in [6.07, 6.45) is -0.232. The minimum absolute atomic E-state index is 0.0411. The minimum Gasteiger partial charge on any atom is -0.493 e.